The molecule has 0 saturated heterocycles. The molecular formula is C10H14BrN5O2. The standard InChI is InChI=1S/C10H14BrN5O2/c11-6-4-7(9(16-13)15-5-6)10(18)14-3-1-2-8(12)17/h4-5H,1-3,13H2,(H2,12,17)(H,14,18)(H,15,16). The highest BCUT2D eigenvalue weighted by Crippen LogP contribution is 2.16. The Balaban J connectivity index is 2.60. The number of nitrogens with two attached hydrogens (primary N) is 2. The molecule has 0 bridgehead atoms. The first-order chi connectivity index (χ1) is 8.54. The molecular weight excluding hydrogens is 302 g/mol. The van der Waals surface area contributed by atoms with Crippen LogP contribution in [0.3, 0.4) is 0 Å². The van der Waals surface area contributed by atoms with Crippen LogP contribution in [0.25, 0.3) is 0 Å². The summed E-state index contributed by atoms with van der Waals surface area (Å²) in [5.74, 6) is 4.84. The number of nitrogens with one attached hydrogen (secondary N) is 2. The van der Waals surface area contributed by atoms with E-state index in [0.29, 0.717) is 23.0 Å². The molecule has 2 amide bonds. The Bertz CT molecular complexity index is 452. The van der Waals surface area contributed by atoms with E-state index in [0.717, 1.165) is 0 Å². The summed E-state index contributed by atoms with van der Waals surface area (Å²) in [7, 11) is 0. The number of hydrogen-bond acceptors (Lipinski definition) is 5. The maximum atomic E-state index is 11.8. The van der Waals surface area contributed by atoms with Crippen LogP contribution >= 0.6 is 15.9 Å². The van der Waals surface area contributed by atoms with Gasteiger partial charge in [-0.3, -0.25) is 9.59 Å². The van der Waals surface area contributed by atoms with Crippen molar-refractivity contribution in [1.82, 2.24) is 10.3 Å². The maximum Gasteiger partial charge on any atom is 0.255 e. The van der Waals surface area contributed by atoms with Gasteiger partial charge in [-0.05, 0) is 28.4 Å². The Morgan fingerprint density at radius 2 is 2.17 bits per heavy atom. The summed E-state index contributed by atoms with van der Waals surface area (Å²) in [5.41, 5.74) is 7.66. The van der Waals surface area contributed by atoms with Crippen molar-refractivity contribution in [1.29, 1.82) is 0 Å². The number of aromatic nitrogens is 1. The van der Waals surface area contributed by atoms with Crippen LogP contribution in [-0.2, 0) is 4.79 Å². The summed E-state index contributed by atoms with van der Waals surface area (Å²) in [6, 6.07) is 1.60. The van der Waals surface area contributed by atoms with E-state index in [1.807, 2.05) is 0 Å². The first-order valence-corrected chi connectivity index (χ1v) is 6.02. The van der Waals surface area contributed by atoms with E-state index in [1.165, 1.54) is 6.20 Å². The fraction of sp³-hybridized carbons (Fsp3) is 0.300. The van der Waals surface area contributed by atoms with Gasteiger partial charge >= 0.3 is 0 Å². The Hall–Kier alpha value is -1.67. The van der Waals surface area contributed by atoms with Crippen molar-refractivity contribution in [3.8, 4) is 0 Å². The maximum absolute atomic E-state index is 11.8. The molecule has 0 aliphatic carbocycles. The second-order valence-corrected chi connectivity index (χ2v) is 4.44. The van der Waals surface area contributed by atoms with Gasteiger partial charge in [-0.25, -0.2) is 10.8 Å². The third-order valence-corrected chi connectivity index (χ3v) is 2.55. The predicted octanol–water partition coefficient (Wildman–Crippen LogP) is 0.125. The van der Waals surface area contributed by atoms with Gasteiger partial charge in [0.1, 0.15) is 0 Å². The molecule has 0 unspecified atom stereocenters. The van der Waals surface area contributed by atoms with Gasteiger partial charge in [0.25, 0.3) is 5.91 Å². The summed E-state index contributed by atoms with van der Waals surface area (Å²) >= 11 is 3.22. The molecule has 0 aliphatic heterocycles. The molecule has 0 atom stereocenters. The molecule has 1 aromatic rings. The number of carbonyl (C=O) groups excluding carboxylic acids is 2. The number of nitrogen functional groups attached to an aromatic ring is 1. The van der Waals surface area contributed by atoms with Crippen LogP contribution in [0.2, 0.25) is 0 Å². The third-order valence-electron chi connectivity index (χ3n) is 2.12. The molecule has 0 saturated carbocycles. The normalized spacial score (nSPS) is 9.89. The van der Waals surface area contributed by atoms with Crippen LogP contribution in [-0.4, -0.2) is 23.3 Å². The summed E-state index contributed by atoms with van der Waals surface area (Å²) in [6.07, 6.45) is 2.26. The van der Waals surface area contributed by atoms with Crippen molar-refractivity contribution in [3.05, 3.63) is 22.3 Å². The van der Waals surface area contributed by atoms with Crippen molar-refractivity contribution in [2.75, 3.05) is 12.0 Å². The van der Waals surface area contributed by atoms with Crippen molar-refractivity contribution in [3.63, 3.8) is 0 Å². The second-order valence-electron chi connectivity index (χ2n) is 3.52. The number of anilines is 1. The lowest BCUT2D eigenvalue weighted by molar-refractivity contribution is -0.118. The lowest BCUT2D eigenvalue weighted by atomic mass is 10.2. The average Bonchev–Trinajstić information content (AvgIpc) is 2.34. The van der Waals surface area contributed by atoms with Gasteiger partial charge in [-0.15, -0.1) is 0 Å². The van der Waals surface area contributed by atoms with Crippen LogP contribution in [0.5, 0.6) is 0 Å². The number of primary amides is 1. The molecule has 1 aromatic heterocycles. The molecule has 0 radical (unpaired) electrons. The number of pyridine rings is 1. The first kappa shape index (κ1) is 14.4. The molecule has 6 N–H and O–H groups in total. The van der Waals surface area contributed by atoms with Crippen LogP contribution in [0.15, 0.2) is 16.7 Å². The molecule has 0 spiro atoms. The predicted molar refractivity (Wildman–Crippen MR) is 70.5 cm³/mol. The van der Waals surface area contributed by atoms with E-state index in [-0.39, 0.29) is 18.1 Å². The molecule has 1 heterocycles. The highest BCUT2D eigenvalue weighted by Gasteiger charge is 2.12. The Kier molecular flexibility index (Phi) is 5.53. The van der Waals surface area contributed by atoms with E-state index < -0.39 is 5.91 Å². The molecule has 0 aromatic carbocycles. The van der Waals surface area contributed by atoms with Gasteiger partial charge in [-0.1, -0.05) is 0 Å². The quantitative estimate of drug-likeness (QED) is 0.337. The van der Waals surface area contributed by atoms with Gasteiger partial charge in [0, 0.05) is 23.6 Å². The van der Waals surface area contributed by atoms with E-state index in [1.54, 1.807) is 6.07 Å². The molecule has 0 aliphatic rings. The summed E-state index contributed by atoms with van der Waals surface area (Å²) in [4.78, 5) is 26.3. The smallest absolute Gasteiger partial charge is 0.255 e. The van der Waals surface area contributed by atoms with Gasteiger partial charge in [-0.2, -0.15) is 0 Å². The zero-order chi connectivity index (χ0) is 13.5. The van der Waals surface area contributed by atoms with E-state index in [9.17, 15) is 9.59 Å². The average molecular weight is 316 g/mol. The molecule has 7 nitrogen and oxygen atoms in total. The number of hydrogen-bond donors (Lipinski definition) is 4. The fourth-order valence-corrected chi connectivity index (χ4v) is 1.62. The molecule has 0 fully saturated rings. The number of halogens is 1. The van der Waals surface area contributed by atoms with Crippen molar-refractivity contribution in [2.45, 2.75) is 12.8 Å². The van der Waals surface area contributed by atoms with E-state index in [2.05, 4.69) is 31.7 Å². The zero-order valence-electron chi connectivity index (χ0n) is 9.57. The van der Waals surface area contributed by atoms with Crippen LogP contribution in [0.1, 0.15) is 23.2 Å². The monoisotopic (exact) mass is 315 g/mol. The largest absolute Gasteiger partial charge is 0.370 e. The first-order valence-electron chi connectivity index (χ1n) is 5.23. The number of nitrogens with zero attached hydrogens (tertiary/aromatic N) is 1. The molecule has 1 rings (SSSR count). The van der Waals surface area contributed by atoms with Crippen LogP contribution < -0.4 is 22.3 Å². The lowest BCUT2D eigenvalue weighted by Gasteiger charge is -2.08. The minimum atomic E-state index is -0.391. The number of rotatable bonds is 6. The summed E-state index contributed by atoms with van der Waals surface area (Å²) in [6.45, 7) is 0.359. The highest BCUT2D eigenvalue weighted by molar-refractivity contribution is 9.10. The van der Waals surface area contributed by atoms with Crippen LogP contribution in [0.4, 0.5) is 5.82 Å². The van der Waals surface area contributed by atoms with Crippen molar-refractivity contribution < 1.29 is 9.59 Å². The van der Waals surface area contributed by atoms with Gasteiger partial charge in [0.2, 0.25) is 5.91 Å². The molecule has 18 heavy (non-hydrogen) atoms. The minimum Gasteiger partial charge on any atom is -0.370 e. The topological polar surface area (TPSA) is 123 Å². The summed E-state index contributed by atoms with van der Waals surface area (Å²) in [5, 5.41) is 2.65. The SMILES string of the molecule is NNc1ncc(Br)cc1C(=O)NCCCC(N)=O. The van der Waals surface area contributed by atoms with Crippen molar-refractivity contribution >= 4 is 33.6 Å². The number of amides is 2. The fourth-order valence-electron chi connectivity index (χ4n) is 1.29. The third kappa shape index (κ3) is 4.30. The van der Waals surface area contributed by atoms with E-state index >= 15 is 0 Å². The minimum absolute atomic E-state index is 0.235. The summed E-state index contributed by atoms with van der Waals surface area (Å²) < 4.78 is 0.670. The molecule has 8 heteroatoms. The Labute approximate surface area is 112 Å². The zero-order valence-corrected chi connectivity index (χ0v) is 11.2. The Morgan fingerprint density at radius 1 is 1.44 bits per heavy atom. The van der Waals surface area contributed by atoms with Crippen molar-refractivity contribution in [2.24, 2.45) is 11.6 Å². The van der Waals surface area contributed by atoms with Crippen LogP contribution in [0, 0.1) is 0 Å². The second kappa shape index (κ2) is 6.92. The number of hydrazine groups is 1. The van der Waals surface area contributed by atoms with E-state index in [4.69, 9.17) is 11.6 Å². The lowest BCUT2D eigenvalue weighted by Crippen LogP contribution is -2.27. The van der Waals surface area contributed by atoms with Gasteiger partial charge < -0.3 is 16.5 Å². The number of carbonyl (C=O) groups is 2. The molecule has 98 valence electrons. The van der Waals surface area contributed by atoms with Gasteiger partial charge in [0.05, 0.1) is 5.56 Å². The highest BCUT2D eigenvalue weighted by atomic mass is 79.9. The Morgan fingerprint density at radius 3 is 2.78 bits per heavy atom. The van der Waals surface area contributed by atoms with Gasteiger partial charge in [0.15, 0.2) is 5.82 Å².